The van der Waals surface area contributed by atoms with Crippen molar-refractivity contribution in [1.29, 1.82) is 0 Å². The van der Waals surface area contributed by atoms with E-state index in [1.165, 1.54) is 10.5 Å². The highest BCUT2D eigenvalue weighted by Crippen LogP contribution is 2.34. The van der Waals surface area contributed by atoms with Crippen molar-refractivity contribution < 1.29 is 4.79 Å². The topological polar surface area (TPSA) is 32.3 Å². The third-order valence-electron chi connectivity index (χ3n) is 3.82. The summed E-state index contributed by atoms with van der Waals surface area (Å²) < 4.78 is 0. The standard InChI is InChI=1S/C18H20N2OS/c1-13-7-8-15(14(2)11-13)19-18(21)12-20-9-10-22-17-6-4-3-5-16(17)20/h3-8,11H,9-10,12H2,1-2H3,(H,19,21). The lowest BCUT2D eigenvalue weighted by atomic mass is 10.1. The van der Waals surface area contributed by atoms with E-state index in [4.69, 9.17) is 0 Å². The summed E-state index contributed by atoms with van der Waals surface area (Å²) in [6.45, 7) is 5.38. The van der Waals surface area contributed by atoms with E-state index in [9.17, 15) is 4.79 Å². The Hall–Kier alpha value is -1.94. The van der Waals surface area contributed by atoms with Gasteiger partial charge >= 0.3 is 0 Å². The summed E-state index contributed by atoms with van der Waals surface area (Å²) in [5.74, 6) is 1.06. The summed E-state index contributed by atoms with van der Waals surface area (Å²) >= 11 is 1.85. The van der Waals surface area contributed by atoms with Crippen molar-refractivity contribution in [1.82, 2.24) is 0 Å². The van der Waals surface area contributed by atoms with Gasteiger partial charge in [-0.15, -0.1) is 11.8 Å². The minimum Gasteiger partial charge on any atom is -0.360 e. The van der Waals surface area contributed by atoms with Crippen LogP contribution in [0.5, 0.6) is 0 Å². The number of carbonyl (C=O) groups is 1. The van der Waals surface area contributed by atoms with Gasteiger partial charge in [0.1, 0.15) is 0 Å². The van der Waals surface area contributed by atoms with Gasteiger partial charge in [-0.3, -0.25) is 4.79 Å². The van der Waals surface area contributed by atoms with Crippen molar-refractivity contribution in [3.8, 4) is 0 Å². The highest BCUT2D eigenvalue weighted by atomic mass is 32.2. The Bertz CT molecular complexity index is 699. The van der Waals surface area contributed by atoms with Gasteiger partial charge in [0.2, 0.25) is 5.91 Å². The molecule has 3 rings (SSSR count). The van der Waals surface area contributed by atoms with Crippen LogP contribution in [0.1, 0.15) is 11.1 Å². The molecule has 0 radical (unpaired) electrons. The van der Waals surface area contributed by atoms with Crippen LogP contribution in [-0.4, -0.2) is 24.7 Å². The molecule has 1 amide bonds. The van der Waals surface area contributed by atoms with E-state index in [0.717, 1.165) is 29.2 Å². The summed E-state index contributed by atoms with van der Waals surface area (Å²) in [5, 5.41) is 3.03. The molecular weight excluding hydrogens is 292 g/mol. The van der Waals surface area contributed by atoms with Gasteiger partial charge in [-0.2, -0.15) is 0 Å². The number of nitrogens with one attached hydrogen (secondary N) is 1. The number of hydrogen-bond donors (Lipinski definition) is 1. The van der Waals surface area contributed by atoms with E-state index >= 15 is 0 Å². The molecular formula is C18H20N2OS. The molecule has 0 unspecified atom stereocenters. The van der Waals surface area contributed by atoms with Gasteiger partial charge in [-0.1, -0.05) is 29.8 Å². The number of carbonyl (C=O) groups excluding carboxylic acids is 1. The number of benzene rings is 2. The zero-order chi connectivity index (χ0) is 15.5. The Morgan fingerprint density at radius 3 is 2.86 bits per heavy atom. The first-order chi connectivity index (χ1) is 10.6. The van der Waals surface area contributed by atoms with Crippen LogP contribution in [0.3, 0.4) is 0 Å². The molecule has 0 aromatic heterocycles. The molecule has 2 aromatic rings. The monoisotopic (exact) mass is 312 g/mol. The number of amides is 1. The lowest BCUT2D eigenvalue weighted by Crippen LogP contribution is -2.36. The molecule has 0 bridgehead atoms. The largest absolute Gasteiger partial charge is 0.360 e. The van der Waals surface area contributed by atoms with E-state index in [0.29, 0.717) is 6.54 Å². The minimum atomic E-state index is 0.0358. The molecule has 1 aliphatic heterocycles. The Morgan fingerprint density at radius 2 is 2.05 bits per heavy atom. The summed E-state index contributed by atoms with van der Waals surface area (Å²) in [4.78, 5) is 15.8. The zero-order valence-corrected chi connectivity index (χ0v) is 13.7. The number of nitrogens with zero attached hydrogens (tertiary/aromatic N) is 1. The molecule has 1 aliphatic rings. The number of para-hydroxylation sites is 1. The van der Waals surface area contributed by atoms with Crippen LogP contribution in [0, 0.1) is 13.8 Å². The molecule has 0 fully saturated rings. The maximum Gasteiger partial charge on any atom is 0.243 e. The fourth-order valence-electron chi connectivity index (χ4n) is 2.71. The van der Waals surface area contributed by atoms with Crippen molar-refractivity contribution in [3.05, 3.63) is 53.6 Å². The average Bonchev–Trinajstić information content (AvgIpc) is 2.50. The van der Waals surface area contributed by atoms with Crippen LogP contribution in [0.2, 0.25) is 0 Å². The van der Waals surface area contributed by atoms with Gasteiger partial charge < -0.3 is 10.2 Å². The van der Waals surface area contributed by atoms with E-state index in [1.54, 1.807) is 0 Å². The maximum absolute atomic E-state index is 12.4. The number of fused-ring (bicyclic) bond motifs is 1. The molecule has 2 aromatic carbocycles. The second kappa shape index (κ2) is 6.44. The normalized spacial score (nSPS) is 13.6. The predicted octanol–water partition coefficient (Wildman–Crippen LogP) is 3.85. The van der Waals surface area contributed by atoms with Gasteiger partial charge in [-0.05, 0) is 37.6 Å². The summed E-state index contributed by atoms with van der Waals surface area (Å²) in [7, 11) is 0. The van der Waals surface area contributed by atoms with Crippen LogP contribution in [0.25, 0.3) is 0 Å². The fourth-order valence-corrected chi connectivity index (χ4v) is 3.76. The van der Waals surface area contributed by atoms with Gasteiger partial charge in [0, 0.05) is 22.9 Å². The molecule has 114 valence electrons. The highest BCUT2D eigenvalue weighted by Gasteiger charge is 2.19. The van der Waals surface area contributed by atoms with Crippen LogP contribution in [0.4, 0.5) is 11.4 Å². The quantitative estimate of drug-likeness (QED) is 0.934. The second-order valence-corrected chi connectivity index (χ2v) is 6.74. The number of thioether (sulfide) groups is 1. The van der Waals surface area contributed by atoms with Crippen LogP contribution >= 0.6 is 11.8 Å². The molecule has 0 atom stereocenters. The van der Waals surface area contributed by atoms with Crippen molar-refractivity contribution in [3.63, 3.8) is 0 Å². The van der Waals surface area contributed by atoms with Crippen molar-refractivity contribution in [2.24, 2.45) is 0 Å². The molecule has 1 N–H and O–H groups in total. The third kappa shape index (κ3) is 3.28. The molecule has 0 spiro atoms. The molecule has 4 heteroatoms. The molecule has 22 heavy (non-hydrogen) atoms. The smallest absolute Gasteiger partial charge is 0.243 e. The molecule has 0 aliphatic carbocycles. The minimum absolute atomic E-state index is 0.0358. The average molecular weight is 312 g/mol. The van der Waals surface area contributed by atoms with E-state index in [2.05, 4.69) is 35.3 Å². The van der Waals surface area contributed by atoms with Gasteiger partial charge in [-0.25, -0.2) is 0 Å². The molecule has 1 heterocycles. The van der Waals surface area contributed by atoms with Gasteiger partial charge in [0.15, 0.2) is 0 Å². The van der Waals surface area contributed by atoms with Crippen LogP contribution in [-0.2, 0) is 4.79 Å². The number of hydrogen-bond acceptors (Lipinski definition) is 3. The van der Waals surface area contributed by atoms with Gasteiger partial charge in [0.05, 0.1) is 12.2 Å². The first kappa shape index (κ1) is 15.0. The van der Waals surface area contributed by atoms with Gasteiger partial charge in [0.25, 0.3) is 0 Å². The fraction of sp³-hybridized carbons (Fsp3) is 0.278. The van der Waals surface area contributed by atoms with E-state index in [-0.39, 0.29) is 5.91 Å². The SMILES string of the molecule is Cc1ccc(NC(=O)CN2CCSc3ccccc32)c(C)c1. The molecule has 0 saturated carbocycles. The Kier molecular flexibility index (Phi) is 4.39. The van der Waals surface area contributed by atoms with Crippen molar-refractivity contribution in [2.45, 2.75) is 18.7 Å². The van der Waals surface area contributed by atoms with E-state index in [1.807, 2.05) is 43.0 Å². The number of rotatable bonds is 3. The third-order valence-corrected chi connectivity index (χ3v) is 4.86. The predicted molar refractivity (Wildman–Crippen MR) is 93.9 cm³/mol. The molecule has 3 nitrogen and oxygen atoms in total. The summed E-state index contributed by atoms with van der Waals surface area (Å²) in [6.07, 6.45) is 0. The highest BCUT2D eigenvalue weighted by molar-refractivity contribution is 7.99. The number of anilines is 2. The summed E-state index contributed by atoms with van der Waals surface area (Å²) in [5.41, 5.74) is 4.37. The zero-order valence-electron chi connectivity index (χ0n) is 12.9. The lowest BCUT2D eigenvalue weighted by Gasteiger charge is -2.30. The second-order valence-electron chi connectivity index (χ2n) is 5.60. The van der Waals surface area contributed by atoms with E-state index < -0.39 is 0 Å². The van der Waals surface area contributed by atoms with Crippen LogP contribution < -0.4 is 10.2 Å². The summed E-state index contributed by atoms with van der Waals surface area (Å²) in [6, 6.07) is 14.4. The molecule has 0 saturated heterocycles. The Labute approximate surface area is 135 Å². The van der Waals surface area contributed by atoms with Crippen LogP contribution in [0.15, 0.2) is 47.4 Å². The van der Waals surface area contributed by atoms with Crippen molar-refractivity contribution >= 4 is 29.0 Å². The number of aryl methyl sites for hydroxylation is 2. The lowest BCUT2D eigenvalue weighted by molar-refractivity contribution is -0.115. The van der Waals surface area contributed by atoms with Crippen molar-refractivity contribution in [2.75, 3.05) is 29.1 Å². The Balaban J connectivity index is 1.70. The first-order valence-electron chi connectivity index (χ1n) is 7.47. The first-order valence-corrected chi connectivity index (χ1v) is 8.46. The maximum atomic E-state index is 12.4. The Morgan fingerprint density at radius 1 is 1.23 bits per heavy atom.